The highest BCUT2D eigenvalue weighted by molar-refractivity contribution is 5.99. The second kappa shape index (κ2) is 7.33. The van der Waals surface area contributed by atoms with Crippen molar-refractivity contribution >= 4 is 11.6 Å². The number of anilines is 1. The van der Waals surface area contributed by atoms with Gasteiger partial charge in [-0.25, -0.2) is 0 Å². The van der Waals surface area contributed by atoms with E-state index in [0.717, 1.165) is 16.9 Å². The van der Waals surface area contributed by atoms with E-state index in [0.29, 0.717) is 12.2 Å². The van der Waals surface area contributed by atoms with Crippen molar-refractivity contribution in [1.82, 2.24) is 4.90 Å². The smallest absolute Gasteiger partial charge is 0.384 e. The predicted molar refractivity (Wildman–Crippen MR) is 77.6 cm³/mol. The van der Waals surface area contributed by atoms with E-state index in [-0.39, 0.29) is 12.1 Å². The minimum absolute atomic E-state index is 0.0134. The fourth-order valence-corrected chi connectivity index (χ4v) is 1.96. The maximum Gasteiger partial charge on any atom is 0.406 e. The molecule has 0 atom stereocenters. The summed E-state index contributed by atoms with van der Waals surface area (Å²) in [5.41, 5.74) is 1.70. The first-order valence-electron chi connectivity index (χ1n) is 6.99. The van der Waals surface area contributed by atoms with Crippen molar-refractivity contribution in [3.05, 3.63) is 29.3 Å². The largest absolute Gasteiger partial charge is 0.406 e. The van der Waals surface area contributed by atoms with Crippen LogP contribution in [0.25, 0.3) is 0 Å². The van der Waals surface area contributed by atoms with E-state index >= 15 is 0 Å². The molecule has 0 aliphatic carbocycles. The fraction of sp³-hybridized carbons (Fsp3) is 0.533. The zero-order valence-electron chi connectivity index (χ0n) is 12.5. The van der Waals surface area contributed by atoms with Crippen molar-refractivity contribution in [1.29, 1.82) is 0 Å². The van der Waals surface area contributed by atoms with Gasteiger partial charge in [-0.3, -0.25) is 4.79 Å². The van der Waals surface area contributed by atoms with Gasteiger partial charge in [0.1, 0.15) is 6.54 Å². The molecule has 0 radical (unpaired) electrons. The van der Waals surface area contributed by atoms with Crippen molar-refractivity contribution in [2.45, 2.75) is 33.4 Å². The Morgan fingerprint density at radius 3 is 2.48 bits per heavy atom. The maximum atomic E-state index is 12.5. The first-order chi connectivity index (χ1) is 9.78. The SMILES string of the molecule is CCCNc1ccc(C)cc1C(=O)N(CC)CC(F)(F)F. The monoisotopic (exact) mass is 302 g/mol. The molecule has 1 rings (SSSR count). The lowest BCUT2D eigenvalue weighted by atomic mass is 10.1. The summed E-state index contributed by atoms with van der Waals surface area (Å²) < 4.78 is 37.6. The highest BCUT2D eigenvalue weighted by Crippen LogP contribution is 2.22. The lowest BCUT2D eigenvalue weighted by Crippen LogP contribution is -2.39. The second-order valence-electron chi connectivity index (χ2n) is 4.91. The van der Waals surface area contributed by atoms with Gasteiger partial charge in [0, 0.05) is 18.8 Å². The molecular formula is C15H21F3N2O. The lowest BCUT2D eigenvalue weighted by molar-refractivity contribution is -0.140. The minimum atomic E-state index is -4.40. The topological polar surface area (TPSA) is 32.3 Å². The van der Waals surface area contributed by atoms with Gasteiger partial charge in [-0.05, 0) is 32.4 Å². The Balaban J connectivity index is 3.05. The molecule has 0 aromatic heterocycles. The van der Waals surface area contributed by atoms with Crippen LogP contribution in [0.2, 0.25) is 0 Å². The fourth-order valence-electron chi connectivity index (χ4n) is 1.96. The molecule has 0 saturated heterocycles. The zero-order chi connectivity index (χ0) is 16.0. The number of halogens is 3. The molecule has 1 N–H and O–H groups in total. The van der Waals surface area contributed by atoms with Gasteiger partial charge in [0.25, 0.3) is 5.91 Å². The molecule has 0 heterocycles. The summed E-state index contributed by atoms with van der Waals surface area (Å²) in [4.78, 5) is 13.2. The van der Waals surface area contributed by atoms with Gasteiger partial charge in [-0.1, -0.05) is 18.6 Å². The maximum absolute atomic E-state index is 12.5. The average molecular weight is 302 g/mol. The molecule has 0 fully saturated rings. The standard InChI is InChI=1S/C15H21F3N2O/c1-4-8-19-13-7-6-11(3)9-12(13)14(21)20(5-2)10-15(16,17)18/h6-7,9,19H,4-5,8,10H2,1-3H3. The Labute approximate surface area is 123 Å². The van der Waals surface area contributed by atoms with Gasteiger partial charge >= 0.3 is 6.18 Å². The molecule has 1 aromatic carbocycles. The molecule has 1 amide bonds. The van der Waals surface area contributed by atoms with Gasteiger partial charge in [-0.2, -0.15) is 13.2 Å². The van der Waals surface area contributed by atoms with Crippen molar-refractivity contribution in [2.24, 2.45) is 0 Å². The number of carbonyl (C=O) groups excluding carboxylic acids is 1. The molecule has 0 unspecified atom stereocenters. The van der Waals surface area contributed by atoms with Gasteiger partial charge in [0.05, 0.1) is 5.56 Å². The van der Waals surface area contributed by atoms with E-state index in [1.165, 1.54) is 0 Å². The number of hydrogen-bond acceptors (Lipinski definition) is 2. The summed E-state index contributed by atoms with van der Waals surface area (Å²) in [6, 6.07) is 5.19. The van der Waals surface area contributed by atoms with Crippen molar-refractivity contribution in [3.63, 3.8) is 0 Å². The highest BCUT2D eigenvalue weighted by atomic mass is 19.4. The Hall–Kier alpha value is -1.72. The van der Waals surface area contributed by atoms with E-state index in [2.05, 4.69) is 5.32 Å². The summed E-state index contributed by atoms with van der Waals surface area (Å²) in [7, 11) is 0. The quantitative estimate of drug-likeness (QED) is 0.866. The second-order valence-corrected chi connectivity index (χ2v) is 4.91. The van der Waals surface area contributed by atoms with Crippen molar-refractivity contribution < 1.29 is 18.0 Å². The average Bonchev–Trinajstić information content (AvgIpc) is 2.41. The van der Waals surface area contributed by atoms with Gasteiger partial charge in [0.15, 0.2) is 0 Å². The van der Waals surface area contributed by atoms with Crippen LogP contribution in [0.5, 0.6) is 0 Å². The predicted octanol–water partition coefficient (Wildman–Crippen LogP) is 3.84. The van der Waals surface area contributed by atoms with E-state index in [4.69, 9.17) is 0 Å². The minimum Gasteiger partial charge on any atom is -0.384 e. The summed E-state index contributed by atoms with van der Waals surface area (Å²) >= 11 is 0. The molecule has 3 nitrogen and oxygen atoms in total. The number of benzene rings is 1. The van der Waals surface area contributed by atoms with Crippen LogP contribution in [0.3, 0.4) is 0 Å². The van der Waals surface area contributed by atoms with Crippen LogP contribution in [0.1, 0.15) is 36.2 Å². The number of nitrogens with zero attached hydrogens (tertiary/aromatic N) is 1. The van der Waals surface area contributed by atoms with Crippen LogP contribution in [-0.2, 0) is 0 Å². The Kier molecular flexibility index (Phi) is 6.05. The molecule has 118 valence electrons. The van der Waals surface area contributed by atoms with Gasteiger partial charge in [0.2, 0.25) is 0 Å². The Morgan fingerprint density at radius 2 is 1.95 bits per heavy atom. The summed E-state index contributed by atoms with van der Waals surface area (Å²) in [6.45, 7) is 4.77. The summed E-state index contributed by atoms with van der Waals surface area (Å²) in [5, 5.41) is 3.08. The van der Waals surface area contributed by atoms with Crippen molar-refractivity contribution in [3.8, 4) is 0 Å². The number of hydrogen-bond donors (Lipinski definition) is 1. The van der Waals surface area contributed by atoms with E-state index < -0.39 is 18.6 Å². The third kappa shape index (κ3) is 5.28. The molecular weight excluding hydrogens is 281 g/mol. The number of rotatable bonds is 6. The van der Waals surface area contributed by atoms with Crippen molar-refractivity contribution in [2.75, 3.05) is 25.0 Å². The molecule has 6 heteroatoms. The molecule has 0 saturated carbocycles. The number of alkyl halides is 3. The first kappa shape index (κ1) is 17.3. The molecule has 21 heavy (non-hydrogen) atoms. The molecule has 1 aromatic rings. The van der Waals surface area contributed by atoms with Crippen LogP contribution < -0.4 is 5.32 Å². The molecule has 0 aliphatic rings. The summed E-state index contributed by atoms with van der Waals surface area (Å²) in [6.07, 6.45) is -3.53. The third-order valence-electron chi connectivity index (χ3n) is 3.01. The van der Waals surface area contributed by atoms with E-state index in [1.807, 2.05) is 13.0 Å². The van der Waals surface area contributed by atoms with E-state index in [9.17, 15) is 18.0 Å². The lowest BCUT2D eigenvalue weighted by Gasteiger charge is -2.24. The van der Waals surface area contributed by atoms with Crippen LogP contribution in [-0.4, -0.2) is 36.6 Å². The van der Waals surface area contributed by atoms with Gasteiger partial charge < -0.3 is 10.2 Å². The third-order valence-corrected chi connectivity index (χ3v) is 3.01. The van der Waals surface area contributed by atoms with Gasteiger partial charge in [-0.15, -0.1) is 0 Å². The number of aryl methyl sites for hydroxylation is 1. The zero-order valence-corrected chi connectivity index (χ0v) is 12.5. The normalized spacial score (nSPS) is 11.3. The first-order valence-corrected chi connectivity index (χ1v) is 6.99. The number of nitrogens with one attached hydrogen (secondary N) is 1. The molecule has 0 bridgehead atoms. The molecule has 0 aliphatic heterocycles. The highest BCUT2D eigenvalue weighted by Gasteiger charge is 2.33. The van der Waals surface area contributed by atoms with Crippen LogP contribution in [0.15, 0.2) is 18.2 Å². The Morgan fingerprint density at radius 1 is 1.29 bits per heavy atom. The van der Waals surface area contributed by atoms with Crippen LogP contribution in [0, 0.1) is 6.92 Å². The number of carbonyl (C=O) groups is 1. The van der Waals surface area contributed by atoms with E-state index in [1.54, 1.807) is 26.0 Å². The van der Waals surface area contributed by atoms with Crippen LogP contribution in [0.4, 0.5) is 18.9 Å². The molecule has 0 spiro atoms. The summed E-state index contributed by atoms with van der Waals surface area (Å²) in [5.74, 6) is -0.600. The Bertz CT molecular complexity index is 486. The number of amides is 1. The van der Waals surface area contributed by atoms with Crippen LogP contribution >= 0.6 is 0 Å².